The predicted octanol–water partition coefficient (Wildman–Crippen LogP) is 1.79. The van der Waals surface area contributed by atoms with E-state index in [2.05, 4.69) is 42.8 Å². The Hall–Kier alpha value is -0.120. The van der Waals surface area contributed by atoms with E-state index in [0.29, 0.717) is 0 Å². The Balaban J connectivity index is 2.33. The lowest BCUT2D eigenvalue weighted by Gasteiger charge is -2.41. The number of hydrogen-bond acceptors (Lipinski definition) is 3. The van der Waals surface area contributed by atoms with Crippen LogP contribution in [-0.2, 0) is 0 Å². The lowest BCUT2D eigenvalue weighted by atomic mass is 10.1. The number of likely N-dealkylation sites (N-methyl/N-ethyl adjacent to an activating group) is 1. The molecule has 1 rings (SSSR count). The molecular formula is C14H31N3. The normalized spacial score (nSPS) is 22.6. The third-order valence-corrected chi connectivity index (χ3v) is 4.18. The maximum Gasteiger partial charge on any atom is 0.0219 e. The molecule has 17 heavy (non-hydrogen) atoms. The second kappa shape index (κ2) is 8.06. The Morgan fingerprint density at radius 3 is 2.00 bits per heavy atom. The van der Waals surface area contributed by atoms with Crippen molar-refractivity contribution in [1.29, 1.82) is 0 Å². The van der Waals surface area contributed by atoms with Gasteiger partial charge in [0.2, 0.25) is 0 Å². The van der Waals surface area contributed by atoms with Crippen molar-refractivity contribution in [2.45, 2.75) is 52.6 Å². The smallest absolute Gasteiger partial charge is 0.0219 e. The zero-order valence-corrected chi connectivity index (χ0v) is 12.2. The average Bonchev–Trinajstić information content (AvgIpc) is 2.39. The van der Waals surface area contributed by atoms with Crippen molar-refractivity contribution in [2.75, 3.05) is 39.3 Å². The molecule has 1 aliphatic rings. The fraction of sp³-hybridized carbons (Fsp3) is 1.00. The van der Waals surface area contributed by atoms with Crippen LogP contribution in [0.5, 0.6) is 0 Å². The van der Waals surface area contributed by atoms with Crippen LogP contribution in [0.3, 0.4) is 0 Å². The van der Waals surface area contributed by atoms with Gasteiger partial charge in [0.05, 0.1) is 0 Å². The van der Waals surface area contributed by atoms with Gasteiger partial charge in [-0.2, -0.15) is 0 Å². The third-order valence-electron chi connectivity index (χ3n) is 4.18. The molecule has 2 atom stereocenters. The molecule has 1 N–H and O–H groups in total. The molecular weight excluding hydrogens is 210 g/mol. The minimum Gasteiger partial charge on any atom is -0.315 e. The Labute approximate surface area is 108 Å². The van der Waals surface area contributed by atoms with Gasteiger partial charge in [-0.1, -0.05) is 20.8 Å². The molecule has 0 aliphatic carbocycles. The maximum atomic E-state index is 3.49. The summed E-state index contributed by atoms with van der Waals surface area (Å²) in [4.78, 5) is 5.30. The first-order chi connectivity index (χ1) is 8.22. The van der Waals surface area contributed by atoms with Gasteiger partial charge in [-0.15, -0.1) is 0 Å². The van der Waals surface area contributed by atoms with Gasteiger partial charge in [-0.25, -0.2) is 0 Å². The molecule has 3 nitrogen and oxygen atoms in total. The van der Waals surface area contributed by atoms with Crippen molar-refractivity contribution in [3.63, 3.8) is 0 Å². The number of nitrogens with zero attached hydrogens (tertiary/aromatic N) is 2. The van der Waals surface area contributed by atoms with Crippen LogP contribution in [0.15, 0.2) is 0 Å². The first-order valence-corrected chi connectivity index (χ1v) is 7.41. The van der Waals surface area contributed by atoms with Gasteiger partial charge in [0, 0.05) is 44.8 Å². The minimum atomic E-state index is 0.731. The number of rotatable bonds is 7. The van der Waals surface area contributed by atoms with Crippen molar-refractivity contribution in [1.82, 2.24) is 15.1 Å². The summed E-state index contributed by atoms with van der Waals surface area (Å²) >= 11 is 0. The molecule has 3 heteroatoms. The fourth-order valence-corrected chi connectivity index (χ4v) is 2.64. The maximum absolute atomic E-state index is 3.49. The summed E-state index contributed by atoms with van der Waals surface area (Å²) in [5.41, 5.74) is 0. The van der Waals surface area contributed by atoms with Crippen molar-refractivity contribution in [2.24, 2.45) is 0 Å². The van der Waals surface area contributed by atoms with Crippen LogP contribution in [0.2, 0.25) is 0 Å². The molecule has 0 aromatic rings. The molecule has 1 heterocycles. The number of hydrogen-bond donors (Lipinski definition) is 1. The summed E-state index contributed by atoms with van der Waals surface area (Å²) in [6.07, 6.45) is 2.53. The van der Waals surface area contributed by atoms with E-state index in [0.717, 1.165) is 25.2 Å². The molecule has 0 aromatic carbocycles. The Bertz CT molecular complexity index is 188. The summed E-state index contributed by atoms with van der Waals surface area (Å²) in [7, 11) is 0. The molecule has 102 valence electrons. The van der Waals surface area contributed by atoms with E-state index in [1.54, 1.807) is 0 Å². The van der Waals surface area contributed by atoms with E-state index in [9.17, 15) is 0 Å². The lowest BCUT2D eigenvalue weighted by molar-refractivity contribution is 0.0708. The monoisotopic (exact) mass is 241 g/mol. The summed E-state index contributed by atoms with van der Waals surface area (Å²) in [5.74, 6) is 0. The van der Waals surface area contributed by atoms with E-state index in [1.165, 1.54) is 39.0 Å². The summed E-state index contributed by atoms with van der Waals surface area (Å²) in [6, 6.07) is 1.49. The number of nitrogens with one attached hydrogen (secondary N) is 1. The Morgan fingerprint density at radius 1 is 0.941 bits per heavy atom. The van der Waals surface area contributed by atoms with E-state index in [-0.39, 0.29) is 0 Å². The molecule has 0 bridgehead atoms. The quantitative estimate of drug-likeness (QED) is 0.733. The average molecular weight is 241 g/mol. The fourth-order valence-electron chi connectivity index (χ4n) is 2.64. The molecule has 1 fully saturated rings. The molecule has 0 spiro atoms. The highest BCUT2D eigenvalue weighted by Gasteiger charge is 2.24. The predicted molar refractivity (Wildman–Crippen MR) is 75.5 cm³/mol. The highest BCUT2D eigenvalue weighted by atomic mass is 15.3. The van der Waals surface area contributed by atoms with Gasteiger partial charge in [0.25, 0.3) is 0 Å². The SMILES string of the molecule is CCNCC(CC)N1CCN(C(C)CC)CC1. The van der Waals surface area contributed by atoms with E-state index in [1.807, 2.05) is 0 Å². The van der Waals surface area contributed by atoms with Gasteiger partial charge in [-0.05, 0) is 26.3 Å². The molecule has 0 amide bonds. The molecule has 1 saturated heterocycles. The van der Waals surface area contributed by atoms with Crippen LogP contribution >= 0.6 is 0 Å². The van der Waals surface area contributed by atoms with Crippen LogP contribution in [0.4, 0.5) is 0 Å². The molecule has 1 aliphatic heterocycles. The molecule has 2 unspecified atom stereocenters. The second-order valence-corrected chi connectivity index (χ2v) is 5.20. The van der Waals surface area contributed by atoms with Crippen molar-refractivity contribution >= 4 is 0 Å². The van der Waals surface area contributed by atoms with E-state index >= 15 is 0 Å². The standard InChI is InChI=1S/C14H31N3/c1-5-13(4)16-8-10-17(11-9-16)14(6-2)12-15-7-3/h13-15H,5-12H2,1-4H3. The zero-order valence-electron chi connectivity index (χ0n) is 12.2. The minimum absolute atomic E-state index is 0.731. The number of piperazine rings is 1. The molecule has 0 aromatic heterocycles. The summed E-state index contributed by atoms with van der Waals surface area (Å²) in [6.45, 7) is 16.4. The van der Waals surface area contributed by atoms with Gasteiger partial charge < -0.3 is 5.32 Å². The third kappa shape index (κ3) is 4.57. The van der Waals surface area contributed by atoms with Crippen LogP contribution in [0.1, 0.15) is 40.5 Å². The highest BCUT2D eigenvalue weighted by molar-refractivity contribution is 4.81. The van der Waals surface area contributed by atoms with E-state index in [4.69, 9.17) is 0 Å². The van der Waals surface area contributed by atoms with Gasteiger partial charge in [-0.3, -0.25) is 9.80 Å². The van der Waals surface area contributed by atoms with Crippen LogP contribution < -0.4 is 5.32 Å². The van der Waals surface area contributed by atoms with Crippen molar-refractivity contribution < 1.29 is 0 Å². The first kappa shape index (κ1) is 14.9. The molecule has 0 radical (unpaired) electrons. The Morgan fingerprint density at radius 2 is 1.53 bits per heavy atom. The van der Waals surface area contributed by atoms with Gasteiger partial charge in [0.1, 0.15) is 0 Å². The van der Waals surface area contributed by atoms with Crippen molar-refractivity contribution in [3.8, 4) is 0 Å². The van der Waals surface area contributed by atoms with Crippen LogP contribution in [0, 0.1) is 0 Å². The van der Waals surface area contributed by atoms with E-state index < -0.39 is 0 Å². The lowest BCUT2D eigenvalue weighted by Crippen LogP contribution is -2.54. The van der Waals surface area contributed by atoms with Gasteiger partial charge in [0.15, 0.2) is 0 Å². The van der Waals surface area contributed by atoms with Gasteiger partial charge >= 0.3 is 0 Å². The largest absolute Gasteiger partial charge is 0.315 e. The highest BCUT2D eigenvalue weighted by Crippen LogP contribution is 2.12. The second-order valence-electron chi connectivity index (χ2n) is 5.20. The summed E-state index contributed by atoms with van der Waals surface area (Å²) in [5, 5.41) is 3.49. The summed E-state index contributed by atoms with van der Waals surface area (Å²) < 4.78 is 0. The zero-order chi connectivity index (χ0) is 12.7. The van der Waals surface area contributed by atoms with Crippen molar-refractivity contribution in [3.05, 3.63) is 0 Å². The first-order valence-electron chi connectivity index (χ1n) is 7.41. The van der Waals surface area contributed by atoms with Crippen LogP contribution in [-0.4, -0.2) is 61.2 Å². The topological polar surface area (TPSA) is 18.5 Å². The van der Waals surface area contributed by atoms with Crippen LogP contribution in [0.25, 0.3) is 0 Å². The molecule has 0 saturated carbocycles. The Kier molecular flexibility index (Phi) is 7.09.